The highest BCUT2D eigenvalue weighted by Crippen LogP contribution is 2.13. The SMILES string of the molecule is CC(C)C1CC=CC(=O)CO1. The molecule has 62 valence electrons. The number of ether oxygens (including phenoxy) is 1. The number of rotatable bonds is 1. The summed E-state index contributed by atoms with van der Waals surface area (Å²) < 4.78 is 5.36. The highest BCUT2D eigenvalue weighted by Gasteiger charge is 2.15. The molecule has 0 radical (unpaired) electrons. The van der Waals surface area contributed by atoms with Gasteiger partial charge in [-0.05, 0) is 18.4 Å². The Labute approximate surface area is 67.2 Å². The number of carbonyl (C=O) groups excluding carboxylic acids is 1. The number of ketones is 1. The summed E-state index contributed by atoms with van der Waals surface area (Å²) in [5.41, 5.74) is 0. The quantitative estimate of drug-likeness (QED) is 0.573. The van der Waals surface area contributed by atoms with Crippen LogP contribution in [0.2, 0.25) is 0 Å². The van der Waals surface area contributed by atoms with Gasteiger partial charge in [0.25, 0.3) is 0 Å². The van der Waals surface area contributed by atoms with Gasteiger partial charge in [-0.25, -0.2) is 0 Å². The lowest BCUT2D eigenvalue weighted by atomic mass is 10.0. The van der Waals surface area contributed by atoms with Crippen LogP contribution in [0.3, 0.4) is 0 Å². The van der Waals surface area contributed by atoms with Gasteiger partial charge < -0.3 is 4.74 Å². The summed E-state index contributed by atoms with van der Waals surface area (Å²) in [6.07, 6.45) is 4.60. The summed E-state index contributed by atoms with van der Waals surface area (Å²) in [6.45, 7) is 4.46. The topological polar surface area (TPSA) is 26.3 Å². The van der Waals surface area contributed by atoms with Crippen molar-refractivity contribution in [2.24, 2.45) is 5.92 Å². The maximum Gasteiger partial charge on any atom is 0.180 e. The van der Waals surface area contributed by atoms with Crippen molar-refractivity contribution in [3.05, 3.63) is 12.2 Å². The highest BCUT2D eigenvalue weighted by molar-refractivity contribution is 5.90. The molecule has 0 spiro atoms. The lowest BCUT2D eigenvalue weighted by Crippen LogP contribution is -2.20. The monoisotopic (exact) mass is 154 g/mol. The Kier molecular flexibility index (Phi) is 2.83. The maximum atomic E-state index is 10.8. The van der Waals surface area contributed by atoms with Crippen LogP contribution in [0.25, 0.3) is 0 Å². The Morgan fingerprint density at radius 1 is 1.64 bits per heavy atom. The molecule has 11 heavy (non-hydrogen) atoms. The summed E-state index contributed by atoms with van der Waals surface area (Å²) in [7, 11) is 0. The van der Waals surface area contributed by atoms with Crippen molar-refractivity contribution >= 4 is 5.78 Å². The number of carbonyl (C=O) groups is 1. The molecule has 0 aromatic heterocycles. The van der Waals surface area contributed by atoms with E-state index in [-0.39, 0.29) is 18.5 Å². The van der Waals surface area contributed by atoms with Crippen LogP contribution in [0.1, 0.15) is 20.3 Å². The van der Waals surface area contributed by atoms with Crippen molar-refractivity contribution < 1.29 is 9.53 Å². The Morgan fingerprint density at radius 3 is 3.00 bits per heavy atom. The smallest absolute Gasteiger partial charge is 0.180 e. The molecular weight excluding hydrogens is 140 g/mol. The molecule has 0 aliphatic carbocycles. The molecule has 2 nitrogen and oxygen atoms in total. The molecule has 2 heteroatoms. The zero-order valence-corrected chi connectivity index (χ0v) is 7.04. The summed E-state index contributed by atoms with van der Waals surface area (Å²) in [6, 6.07) is 0. The zero-order chi connectivity index (χ0) is 8.27. The van der Waals surface area contributed by atoms with Crippen molar-refractivity contribution in [1.82, 2.24) is 0 Å². The standard InChI is InChI=1S/C9H14O2/c1-7(2)9-5-3-4-8(10)6-11-9/h3-4,7,9H,5-6H2,1-2H3. The minimum atomic E-state index is 0.0770. The fraction of sp³-hybridized carbons (Fsp3) is 0.667. The third kappa shape index (κ3) is 2.46. The third-order valence-electron chi connectivity index (χ3n) is 1.86. The van der Waals surface area contributed by atoms with E-state index in [9.17, 15) is 4.79 Å². The maximum absolute atomic E-state index is 10.8. The van der Waals surface area contributed by atoms with Crippen LogP contribution >= 0.6 is 0 Å². The van der Waals surface area contributed by atoms with Crippen LogP contribution in [0.15, 0.2) is 12.2 Å². The minimum absolute atomic E-state index is 0.0770. The average Bonchev–Trinajstić information content (AvgIpc) is 2.13. The van der Waals surface area contributed by atoms with Gasteiger partial charge in [0, 0.05) is 0 Å². The molecule has 1 unspecified atom stereocenters. The van der Waals surface area contributed by atoms with Crippen LogP contribution in [-0.2, 0) is 9.53 Å². The van der Waals surface area contributed by atoms with Gasteiger partial charge in [0.1, 0.15) is 6.61 Å². The second kappa shape index (κ2) is 3.67. The van der Waals surface area contributed by atoms with Crippen LogP contribution in [0.4, 0.5) is 0 Å². The molecule has 0 fully saturated rings. The average molecular weight is 154 g/mol. The van der Waals surface area contributed by atoms with Crippen LogP contribution in [0, 0.1) is 5.92 Å². The molecule has 0 saturated carbocycles. The van der Waals surface area contributed by atoms with Crippen LogP contribution < -0.4 is 0 Å². The highest BCUT2D eigenvalue weighted by atomic mass is 16.5. The zero-order valence-electron chi connectivity index (χ0n) is 7.04. The Morgan fingerprint density at radius 2 is 2.36 bits per heavy atom. The van der Waals surface area contributed by atoms with Crippen molar-refractivity contribution in [1.29, 1.82) is 0 Å². The van der Waals surface area contributed by atoms with E-state index in [1.54, 1.807) is 6.08 Å². The molecule has 1 aliphatic rings. The lowest BCUT2D eigenvalue weighted by Gasteiger charge is -2.17. The van der Waals surface area contributed by atoms with E-state index in [0.717, 1.165) is 6.42 Å². The molecule has 1 heterocycles. The second-order valence-corrected chi connectivity index (χ2v) is 3.20. The van der Waals surface area contributed by atoms with Crippen LogP contribution in [-0.4, -0.2) is 18.5 Å². The molecule has 0 N–H and O–H groups in total. The minimum Gasteiger partial charge on any atom is -0.370 e. The van der Waals surface area contributed by atoms with E-state index >= 15 is 0 Å². The van der Waals surface area contributed by atoms with E-state index in [4.69, 9.17) is 4.74 Å². The molecule has 0 amide bonds. The van der Waals surface area contributed by atoms with Crippen molar-refractivity contribution in [3.63, 3.8) is 0 Å². The lowest BCUT2D eigenvalue weighted by molar-refractivity contribution is -0.121. The van der Waals surface area contributed by atoms with E-state index in [0.29, 0.717) is 5.92 Å². The molecule has 1 aliphatic heterocycles. The fourth-order valence-corrected chi connectivity index (χ4v) is 1.10. The summed E-state index contributed by atoms with van der Waals surface area (Å²) in [5, 5.41) is 0. The number of hydrogen-bond acceptors (Lipinski definition) is 2. The largest absolute Gasteiger partial charge is 0.370 e. The molecular formula is C9H14O2. The molecule has 1 rings (SSSR count). The summed E-state index contributed by atoms with van der Waals surface area (Å²) in [5.74, 6) is 0.568. The number of hydrogen-bond donors (Lipinski definition) is 0. The van der Waals surface area contributed by atoms with Gasteiger partial charge in [0.2, 0.25) is 0 Å². The predicted molar refractivity (Wildman–Crippen MR) is 43.3 cm³/mol. The van der Waals surface area contributed by atoms with Crippen molar-refractivity contribution in [2.75, 3.05) is 6.61 Å². The molecule has 0 aromatic rings. The van der Waals surface area contributed by atoms with Gasteiger partial charge in [-0.2, -0.15) is 0 Å². The third-order valence-corrected chi connectivity index (χ3v) is 1.86. The molecule has 0 saturated heterocycles. The van der Waals surface area contributed by atoms with Gasteiger partial charge in [0.15, 0.2) is 5.78 Å². The predicted octanol–water partition coefficient (Wildman–Crippen LogP) is 1.56. The first-order valence-electron chi connectivity index (χ1n) is 4.01. The first-order valence-corrected chi connectivity index (χ1v) is 4.01. The molecule has 0 bridgehead atoms. The normalized spacial score (nSPS) is 25.7. The van der Waals surface area contributed by atoms with E-state index < -0.39 is 0 Å². The molecule has 1 atom stereocenters. The van der Waals surface area contributed by atoms with Gasteiger partial charge >= 0.3 is 0 Å². The Hall–Kier alpha value is -0.630. The van der Waals surface area contributed by atoms with Gasteiger partial charge in [0.05, 0.1) is 6.10 Å². The van der Waals surface area contributed by atoms with E-state index in [1.165, 1.54) is 0 Å². The van der Waals surface area contributed by atoms with Gasteiger partial charge in [-0.3, -0.25) is 4.79 Å². The van der Waals surface area contributed by atoms with E-state index in [1.807, 2.05) is 6.08 Å². The van der Waals surface area contributed by atoms with Gasteiger partial charge in [-0.1, -0.05) is 19.9 Å². The van der Waals surface area contributed by atoms with Gasteiger partial charge in [-0.15, -0.1) is 0 Å². The summed E-state index contributed by atoms with van der Waals surface area (Å²) >= 11 is 0. The second-order valence-electron chi connectivity index (χ2n) is 3.20. The van der Waals surface area contributed by atoms with Crippen molar-refractivity contribution in [2.45, 2.75) is 26.4 Å². The first kappa shape index (κ1) is 8.47. The van der Waals surface area contributed by atoms with Crippen molar-refractivity contribution in [3.8, 4) is 0 Å². The molecule has 0 aromatic carbocycles. The fourth-order valence-electron chi connectivity index (χ4n) is 1.10. The first-order chi connectivity index (χ1) is 5.20. The van der Waals surface area contributed by atoms with E-state index in [2.05, 4.69) is 13.8 Å². The summed E-state index contributed by atoms with van der Waals surface area (Å²) in [4.78, 5) is 10.8. The van der Waals surface area contributed by atoms with Crippen LogP contribution in [0.5, 0.6) is 0 Å². The Balaban J connectivity index is 2.49. The Bertz CT molecular complexity index is 170.